The molecule has 0 fully saturated rings. The second-order valence-electron chi connectivity index (χ2n) is 3.71. The van der Waals surface area contributed by atoms with Gasteiger partial charge in [0.15, 0.2) is 0 Å². The molecule has 2 aromatic rings. The van der Waals surface area contributed by atoms with E-state index in [0.717, 1.165) is 18.2 Å². The molecule has 2 aromatic carbocycles. The summed E-state index contributed by atoms with van der Waals surface area (Å²) in [7, 11) is 0. The van der Waals surface area contributed by atoms with Crippen molar-refractivity contribution in [2.75, 3.05) is 5.73 Å². The molecule has 2 rings (SSSR count). The zero-order valence-corrected chi connectivity index (χ0v) is 10.0. The van der Waals surface area contributed by atoms with Crippen LogP contribution in [0, 0.1) is 11.6 Å². The summed E-state index contributed by atoms with van der Waals surface area (Å²) in [5.41, 5.74) is 6.11. The van der Waals surface area contributed by atoms with Crippen molar-refractivity contribution in [3.8, 4) is 5.75 Å². The Morgan fingerprint density at radius 3 is 2.61 bits per heavy atom. The molecule has 0 aliphatic rings. The maximum atomic E-state index is 13.3. The maximum Gasteiger partial charge on any atom is 0.130 e. The normalized spacial score (nSPS) is 10.4. The van der Waals surface area contributed by atoms with Crippen LogP contribution in [-0.4, -0.2) is 0 Å². The Hall–Kier alpha value is -1.81. The highest BCUT2D eigenvalue weighted by Crippen LogP contribution is 2.24. The first-order valence-corrected chi connectivity index (χ1v) is 5.56. The van der Waals surface area contributed by atoms with Crippen molar-refractivity contribution in [2.24, 2.45) is 0 Å². The maximum absolute atomic E-state index is 13.3. The van der Waals surface area contributed by atoms with E-state index in [0.29, 0.717) is 16.5 Å². The predicted octanol–water partition coefficient (Wildman–Crippen LogP) is 3.78. The highest BCUT2D eigenvalue weighted by atomic mass is 35.5. The molecule has 0 bridgehead atoms. The lowest BCUT2D eigenvalue weighted by Gasteiger charge is -2.08. The van der Waals surface area contributed by atoms with Gasteiger partial charge in [-0.25, -0.2) is 8.78 Å². The van der Waals surface area contributed by atoms with Gasteiger partial charge in [0, 0.05) is 11.6 Å². The van der Waals surface area contributed by atoms with Crippen LogP contribution in [-0.2, 0) is 6.61 Å². The number of nitrogen functional groups attached to an aromatic ring is 1. The number of halogens is 3. The summed E-state index contributed by atoms with van der Waals surface area (Å²) >= 11 is 5.75. The topological polar surface area (TPSA) is 35.2 Å². The number of hydrogen-bond donors (Lipinski definition) is 1. The van der Waals surface area contributed by atoms with Crippen LogP contribution in [0.25, 0.3) is 0 Å². The van der Waals surface area contributed by atoms with Gasteiger partial charge < -0.3 is 10.5 Å². The second-order valence-corrected chi connectivity index (χ2v) is 4.11. The molecule has 0 aliphatic heterocycles. The van der Waals surface area contributed by atoms with Crippen LogP contribution in [0.5, 0.6) is 5.75 Å². The fourth-order valence-corrected chi connectivity index (χ4v) is 1.54. The van der Waals surface area contributed by atoms with Crippen LogP contribution in [0.15, 0.2) is 36.4 Å². The summed E-state index contributed by atoms with van der Waals surface area (Å²) in [5.74, 6) is -0.579. The van der Waals surface area contributed by atoms with Gasteiger partial charge in [-0.1, -0.05) is 11.6 Å². The first-order chi connectivity index (χ1) is 8.56. The van der Waals surface area contributed by atoms with Crippen molar-refractivity contribution >= 4 is 17.3 Å². The highest BCUT2D eigenvalue weighted by Gasteiger charge is 2.05. The van der Waals surface area contributed by atoms with Gasteiger partial charge in [0.2, 0.25) is 0 Å². The molecule has 0 spiro atoms. The summed E-state index contributed by atoms with van der Waals surface area (Å²) in [6.07, 6.45) is 0. The fourth-order valence-electron chi connectivity index (χ4n) is 1.43. The lowest BCUT2D eigenvalue weighted by Crippen LogP contribution is -2.00. The van der Waals surface area contributed by atoms with Gasteiger partial charge in [0.1, 0.15) is 24.0 Å². The van der Waals surface area contributed by atoms with Crippen molar-refractivity contribution < 1.29 is 13.5 Å². The van der Waals surface area contributed by atoms with Crippen LogP contribution >= 0.6 is 11.6 Å². The van der Waals surface area contributed by atoms with E-state index in [2.05, 4.69) is 0 Å². The molecule has 0 heterocycles. The molecule has 0 aliphatic carbocycles. The van der Waals surface area contributed by atoms with Crippen LogP contribution in [0.3, 0.4) is 0 Å². The third-order valence-corrected chi connectivity index (χ3v) is 2.71. The van der Waals surface area contributed by atoms with Gasteiger partial charge in [-0.3, -0.25) is 0 Å². The number of nitrogens with two attached hydrogens (primary N) is 1. The Kier molecular flexibility index (Phi) is 3.67. The highest BCUT2D eigenvalue weighted by molar-refractivity contribution is 6.33. The van der Waals surface area contributed by atoms with Crippen molar-refractivity contribution in [1.29, 1.82) is 0 Å². The summed E-state index contributed by atoms with van der Waals surface area (Å²) in [6.45, 7) is -0.0787. The Labute approximate surface area is 108 Å². The number of hydrogen-bond acceptors (Lipinski definition) is 2. The lowest BCUT2D eigenvalue weighted by molar-refractivity contribution is 0.299. The SMILES string of the molecule is Nc1cc(OCc2cc(F)ccc2F)ccc1Cl. The van der Waals surface area contributed by atoms with E-state index in [4.69, 9.17) is 22.1 Å². The number of anilines is 1. The van der Waals surface area contributed by atoms with E-state index in [9.17, 15) is 8.78 Å². The molecular weight excluding hydrogens is 260 g/mol. The first-order valence-electron chi connectivity index (χ1n) is 5.18. The number of ether oxygens (including phenoxy) is 1. The minimum absolute atomic E-state index is 0.0787. The molecule has 0 atom stereocenters. The van der Waals surface area contributed by atoms with Crippen molar-refractivity contribution in [3.05, 3.63) is 58.6 Å². The Morgan fingerprint density at radius 1 is 1.11 bits per heavy atom. The van der Waals surface area contributed by atoms with Gasteiger partial charge in [-0.15, -0.1) is 0 Å². The Bertz CT molecular complexity index is 575. The zero-order valence-electron chi connectivity index (χ0n) is 9.29. The van der Waals surface area contributed by atoms with Gasteiger partial charge in [0.05, 0.1) is 10.7 Å². The smallest absolute Gasteiger partial charge is 0.130 e. The monoisotopic (exact) mass is 269 g/mol. The summed E-state index contributed by atoms with van der Waals surface area (Å²) in [5, 5.41) is 0.416. The first kappa shape index (κ1) is 12.6. The molecule has 0 aromatic heterocycles. The zero-order chi connectivity index (χ0) is 13.1. The number of benzene rings is 2. The molecule has 5 heteroatoms. The summed E-state index contributed by atoms with van der Waals surface area (Å²) in [6, 6.07) is 7.92. The molecule has 0 unspecified atom stereocenters. The predicted molar refractivity (Wildman–Crippen MR) is 66.6 cm³/mol. The minimum atomic E-state index is -0.515. The van der Waals surface area contributed by atoms with E-state index >= 15 is 0 Å². The lowest BCUT2D eigenvalue weighted by atomic mass is 10.2. The molecule has 0 saturated heterocycles. The molecular formula is C13H10ClF2NO. The molecule has 18 heavy (non-hydrogen) atoms. The summed E-state index contributed by atoms with van der Waals surface area (Å²) < 4.78 is 31.6. The minimum Gasteiger partial charge on any atom is -0.489 e. The third-order valence-electron chi connectivity index (χ3n) is 2.37. The molecule has 0 saturated carbocycles. The molecule has 0 radical (unpaired) electrons. The Balaban J connectivity index is 2.11. The molecule has 2 nitrogen and oxygen atoms in total. The van der Waals surface area contributed by atoms with Gasteiger partial charge in [-0.05, 0) is 30.3 Å². The molecule has 0 amide bonds. The van der Waals surface area contributed by atoms with Crippen molar-refractivity contribution in [3.63, 3.8) is 0 Å². The van der Waals surface area contributed by atoms with Crippen LogP contribution in [0.1, 0.15) is 5.56 Å². The van der Waals surface area contributed by atoms with Gasteiger partial charge >= 0.3 is 0 Å². The second kappa shape index (κ2) is 5.23. The van der Waals surface area contributed by atoms with E-state index in [-0.39, 0.29) is 12.2 Å². The number of rotatable bonds is 3. The van der Waals surface area contributed by atoms with E-state index in [1.807, 2.05) is 0 Å². The largest absolute Gasteiger partial charge is 0.489 e. The van der Waals surface area contributed by atoms with Crippen molar-refractivity contribution in [1.82, 2.24) is 0 Å². The Morgan fingerprint density at radius 2 is 1.89 bits per heavy atom. The van der Waals surface area contributed by atoms with Crippen LogP contribution < -0.4 is 10.5 Å². The van der Waals surface area contributed by atoms with Gasteiger partial charge in [-0.2, -0.15) is 0 Å². The molecule has 94 valence electrons. The quantitative estimate of drug-likeness (QED) is 0.861. The van der Waals surface area contributed by atoms with Crippen LogP contribution in [0.2, 0.25) is 5.02 Å². The molecule has 2 N–H and O–H groups in total. The third kappa shape index (κ3) is 2.90. The fraction of sp³-hybridized carbons (Fsp3) is 0.0769. The van der Waals surface area contributed by atoms with Gasteiger partial charge in [0.25, 0.3) is 0 Å². The van der Waals surface area contributed by atoms with E-state index in [1.165, 1.54) is 6.07 Å². The van der Waals surface area contributed by atoms with E-state index in [1.54, 1.807) is 12.1 Å². The standard InChI is InChI=1S/C13H10ClF2NO/c14-11-3-2-10(6-13(11)17)18-7-8-5-9(15)1-4-12(8)16/h1-6H,7,17H2. The van der Waals surface area contributed by atoms with E-state index < -0.39 is 11.6 Å². The average molecular weight is 270 g/mol. The van der Waals surface area contributed by atoms with Crippen LogP contribution in [0.4, 0.5) is 14.5 Å². The summed E-state index contributed by atoms with van der Waals surface area (Å²) in [4.78, 5) is 0. The van der Waals surface area contributed by atoms with Crippen molar-refractivity contribution in [2.45, 2.75) is 6.61 Å². The average Bonchev–Trinajstić information content (AvgIpc) is 2.34.